The molecule has 5 nitrogen and oxygen atoms in total. The number of thiazole rings is 1. The lowest BCUT2D eigenvalue weighted by Crippen LogP contribution is -2.07. The molecule has 1 heterocycles. The van der Waals surface area contributed by atoms with E-state index in [0.717, 1.165) is 16.1 Å². The van der Waals surface area contributed by atoms with Gasteiger partial charge in [-0.05, 0) is 32.9 Å². The summed E-state index contributed by atoms with van der Waals surface area (Å²) in [5, 5.41) is 3.30. The minimum atomic E-state index is -0.135. The number of aromatic nitrogens is 1. The van der Waals surface area contributed by atoms with Crippen molar-refractivity contribution < 1.29 is 14.3 Å². The summed E-state index contributed by atoms with van der Waals surface area (Å²) in [6, 6.07) is 5.77. The third-order valence-corrected chi connectivity index (χ3v) is 3.98. The van der Waals surface area contributed by atoms with E-state index < -0.39 is 0 Å². The minimum absolute atomic E-state index is 0.0571. The molecule has 0 saturated heterocycles. The molecular weight excluding hydrogens is 300 g/mol. The normalized spacial score (nSPS) is 10.6. The van der Waals surface area contributed by atoms with E-state index >= 15 is 0 Å². The first-order valence-corrected chi connectivity index (χ1v) is 7.83. The predicted molar refractivity (Wildman–Crippen MR) is 88.9 cm³/mol. The number of benzene rings is 1. The second kappa shape index (κ2) is 6.79. The number of nitrogens with one attached hydrogen (secondary N) is 1. The maximum Gasteiger partial charge on any atom is 0.223 e. The summed E-state index contributed by atoms with van der Waals surface area (Å²) in [7, 11) is 1.62. The number of hydrogen-bond donors (Lipinski definition) is 1. The standard InChI is InChI=1S/C16H20N2O3S/c1-9(2)21-13-8-6-7-12(14(13)20-5)15-10(3)17-16(22-15)18-11(4)19/h6-9H,1-5H3,(H,17,18,19). The number of para-hydroxylation sites is 1. The zero-order valence-corrected chi connectivity index (χ0v) is 14.2. The van der Waals surface area contributed by atoms with Gasteiger partial charge in [-0.3, -0.25) is 4.79 Å². The van der Waals surface area contributed by atoms with E-state index in [2.05, 4.69) is 10.3 Å². The molecule has 22 heavy (non-hydrogen) atoms. The molecule has 118 valence electrons. The van der Waals surface area contributed by atoms with Crippen LogP contribution in [-0.2, 0) is 4.79 Å². The van der Waals surface area contributed by atoms with Crippen LogP contribution in [0.1, 0.15) is 26.5 Å². The smallest absolute Gasteiger partial charge is 0.223 e. The quantitative estimate of drug-likeness (QED) is 0.908. The first-order valence-electron chi connectivity index (χ1n) is 7.01. The summed E-state index contributed by atoms with van der Waals surface area (Å²) in [5.41, 5.74) is 1.75. The maximum atomic E-state index is 11.2. The van der Waals surface area contributed by atoms with E-state index in [-0.39, 0.29) is 12.0 Å². The molecule has 0 aliphatic rings. The van der Waals surface area contributed by atoms with Crippen LogP contribution in [0.5, 0.6) is 11.5 Å². The summed E-state index contributed by atoms with van der Waals surface area (Å²) < 4.78 is 11.3. The van der Waals surface area contributed by atoms with Crippen molar-refractivity contribution in [2.24, 2.45) is 0 Å². The van der Waals surface area contributed by atoms with Crippen molar-refractivity contribution in [2.45, 2.75) is 33.8 Å². The van der Waals surface area contributed by atoms with Crippen molar-refractivity contribution >= 4 is 22.4 Å². The van der Waals surface area contributed by atoms with Crippen LogP contribution in [-0.4, -0.2) is 24.1 Å². The van der Waals surface area contributed by atoms with E-state index in [0.29, 0.717) is 16.6 Å². The molecule has 0 atom stereocenters. The number of aryl methyl sites for hydroxylation is 1. The summed E-state index contributed by atoms with van der Waals surface area (Å²) in [6.45, 7) is 7.32. The van der Waals surface area contributed by atoms with Gasteiger partial charge in [-0.2, -0.15) is 0 Å². The predicted octanol–water partition coefficient (Wildman–Crippen LogP) is 3.87. The van der Waals surface area contributed by atoms with Gasteiger partial charge in [0, 0.05) is 12.5 Å². The van der Waals surface area contributed by atoms with Crippen LogP contribution in [0.3, 0.4) is 0 Å². The number of ether oxygens (including phenoxy) is 2. The number of nitrogens with zero attached hydrogens (tertiary/aromatic N) is 1. The van der Waals surface area contributed by atoms with Crippen LogP contribution in [0.2, 0.25) is 0 Å². The lowest BCUT2D eigenvalue weighted by molar-refractivity contribution is -0.114. The summed E-state index contributed by atoms with van der Waals surface area (Å²) in [4.78, 5) is 16.5. The van der Waals surface area contributed by atoms with E-state index in [1.165, 1.54) is 18.3 Å². The SMILES string of the molecule is COc1c(OC(C)C)cccc1-c1sc(NC(C)=O)nc1C. The number of amides is 1. The Labute approximate surface area is 134 Å². The molecule has 2 aromatic rings. The highest BCUT2D eigenvalue weighted by molar-refractivity contribution is 7.19. The van der Waals surface area contributed by atoms with E-state index in [9.17, 15) is 4.79 Å². The van der Waals surface area contributed by atoms with Gasteiger partial charge in [0.05, 0.1) is 23.8 Å². The molecule has 0 unspecified atom stereocenters. The summed E-state index contributed by atoms with van der Waals surface area (Å²) in [5.74, 6) is 1.24. The van der Waals surface area contributed by atoms with Crippen molar-refractivity contribution in [1.29, 1.82) is 0 Å². The van der Waals surface area contributed by atoms with Gasteiger partial charge in [0.15, 0.2) is 16.6 Å². The van der Waals surface area contributed by atoms with Crippen molar-refractivity contribution in [3.05, 3.63) is 23.9 Å². The zero-order chi connectivity index (χ0) is 16.3. The highest BCUT2D eigenvalue weighted by Crippen LogP contribution is 2.43. The Hall–Kier alpha value is -2.08. The third kappa shape index (κ3) is 3.57. The van der Waals surface area contributed by atoms with E-state index in [1.807, 2.05) is 39.0 Å². The molecule has 6 heteroatoms. The monoisotopic (exact) mass is 320 g/mol. The highest BCUT2D eigenvalue weighted by Gasteiger charge is 2.18. The van der Waals surface area contributed by atoms with E-state index in [1.54, 1.807) is 7.11 Å². The van der Waals surface area contributed by atoms with Gasteiger partial charge in [0.2, 0.25) is 5.91 Å². The fraction of sp³-hybridized carbons (Fsp3) is 0.375. The molecule has 0 saturated carbocycles. The molecule has 1 amide bonds. The average molecular weight is 320 g/mol. The van der Waals surface area contributed by atoms with E-state index in [4.69, 9.17) is 9.47 Å². The molecular formula is C16H20N2O3S. The number of carbonyl (C=O) groups excluding carboxylic acids is 1. The molecule has 0 fully saturated rings. The Kier molecular flexibility index (Phi) is 5.03. The fourth-order valence-electron chi connectivity index (χ4n) is 2.10. The van der Waals surface area contributed by atoms with Gasteiger partial charge in [0.25, 0.3) is 0 Å². The van der Waals surface area contributed by atoms with Gasteiger partial charge in [-0.25, -0.2) is 4.98 Å². The molecule has 0 bridgehead atoms. The van der Waals surface area contributed by atoms with Crippen LogP contribution in [0.25, 0.3) is 10.4 Å². The minimum Gasteiger partial charge on any atom is -0.492 e. The molecule has 0 radical (unpaired) electrons. The number of anilines is 1. The third-order valence-electron chi connectivity index (χ3n) is 2.87. The first kappa shape index (κ1) is 16.3. The lowest BCUT2D eigenvalue weighted by atomic mass is 10.1. The number of hydrogen-bond acceptors (Lipinski definition) is 5. The van der Waals surface area contributed by atoms with Gasteiger partial charge >= 0.3 is 0 Å². The first-order chi connectivity index (χ1) is 10.4. The molecule has 2 rings (SSSR count). The maximum absolute atomic E-state index is 11.2. The fourth-order valence-corrected chi connectivity index (χ4v) is 3.14. The Morgan fingerprint density at radius 1 is 1.36 bits per heavy atom. The largest absolute Gasteiger partial charge is 0.492 e. The van der Waals surface area contributed by atoms with Gasteiger partial charge < -0.3 is 14.8 Å². The van der Waals surface area contributed by atoms with Gasteiger partial charge in [-0.1, -0.05) is 17.4 Å². The molecule has 0 aliphatic carbocycles. The van der Waals surface area contributed by atoms with Crippen molar-refractivity contribution in [2.75, 3.05) is 12.4 Å². The van der Waals surface area contributed by atoms with Crippen molar-refractivity contribution in [3.63, 3.8) is 0 Å². The Bertz CT molecular complexity index is 680. The summed E-state index contributed by atoms with van der Waals surface area (Å²) >= 11 is 1.42. The van der Waals surface area contributed by atoms with Gasteiger partial charge in [-0.15, -0.1) is 0 Å². The van der Waals surface area contributed by atoms with Crippen molar-refractivity contribution in [3.8, 4) is 21.9 Å². The van der Waals surface area contributed by atoms with Crippen LogP contribution in [0.4, 0.5) is 5.13 Å². The van der Waals surface area contributed by atoms with Crippen LogP contribution < -0.4 is 14.8 Å². The Morgan fingerprint density at radius 3 is 2.68 bits per heavy atom. The van der Waals surface area contributed by atoms with Crippen LogP contribution in [0.15, 0.2) is 18.2 Å². The molecule has 1 N–H and O–H groups in total. The average Bonchev–Trinajstić information content (AvgIpc) is 2.77. The second-order valence-corrected chi connectivity index (χ2v) is 6.12. The lowest BCUT2D eigenvalue weighted by Gasteiger charge is -2.16. The molecule has 0 aliphatic heterocycles. The summed E-state index contributed by atoms with van der Waals surface area (Å²) in [6.07, 6.45) is 0.0571. The topological polar surface area (TPSA) is 60.5 Å². The molecule has 0 spiro atoms. The van der Waals surface area contributed by atoms with Gasteiger partial charge in [0.1, 0.15) is 0 Å². The number of rotatable bonds is 5. The molecule has 1 aromatic carbocycles. The number of carbonyl (C=O) groups is 1. The van der Waals surface area contributed by atoms with Crippen LogP contribution in [0, 0.1) is 6.92 Å². The second-order valence-electron chi connectivity index (χ2n) is 5.12. The zero-order valence-electron chi connectivity index (χ0n) is 13.4. The van der Waals surface area contributed by atoms with Crippen LogP contribution >= 0.6 is 11.3 Å². The number of methoxy groups -OCH3 is 1. The Morgan fingerprint density at radius 2 is 2.09 bits per heavy atom. The van der Waals surface area contributed by atoms with Crippen molar-refractivity contribution in [1.82, 2.24) is 4.98 Å². The Balaban J connectivity index is 2.48. The molecule has 1 aromatic heterocycles. The highest BCUT2D eigenvalue weighted by atomic mass is 32.1.